The molecule has 3 N–H and O–H groups in total. The maximum Gasteiger partial charge on any atom is 0.490 e. The summed E-state index contributed by atoms with van der Waals surface area (Å²) in [7, 11) is 0. The maximum absolute atomic E-state index is 15.1. The zero-order chi connectivity index (χ0) is 23.1. The van der Waals surface area contributed by atoms with Crippen LogP contribution in [-0.2, 0) is 4.79 Å². The lowest BCUT2D eigenvalue weighted by Gasteiger charge is -2.24. The van der Waals surface area contributed by atoms with E-state index in [4.69, 9.17) is 15.6 Å². The number of anilines is 1. The molecule has 4 rings (SSSR count). The van der Waals surface area contributed by atoms with E-state index in [-0.39, 0.29) is 17.4 Å². The molecule has 11 heteroatoms. The number of nitrogens with zero attached hydrogens (tertiary/aromatic N) is 2. The number of benzene rings is 1. The Morgan fingerprint density at radius 3 is 2.39 bits per heavy atom. The Morgan fingerprint density at radius 2 is 1.90 bits per heavy atom. The third kappa shape index (κ3) is 4.72. The van der Waals surface area contributed by atoms with Crippen LogP contribution < -0.4 is 16.2 Å². The lowest BCUT2D eigenvalue weighted by molar-refractivity contribution is -0.192. The monoisotopic (exact) mass is 507 g/mol. The van der Waals surface area contributed by atoms with Gasteiger partial charge in [-0.15, -0.1) is 0 Å². The van der Waals surface area contributed by atoms with Crippen molar-refractivity contribution >= 4 is 38.5 Å². The van der Waals surface area contributed by atoms with Gasteiger partial charge >= 0.3 is 12.1 Å². The van der Waals surface area contributed by atoms with Crippen LogP contribution >= 0.6 is 15.9 Å². The lowest BCUT2D eigenvalue weighted by atomic mass is 10.1. The summed E-state index contributed by atoms with van der Waals surface area (Å²) in [5, 5.41) is 7.96. The van der Waals surface area contributed by atoms with Gasteiger partial charge in [-0.3, -0.25) is 4.79 Å². The van der Waals surface area contributed by atoms with Gasteiger partial charge in [0.25, 0.3) is 5.56 Å². The van der Waals surface area contributed by atoms with Crippen molar-refractivity contribution in [1.29, 1.82) is 0 Å². The molecule has 6 nitrogen and oxygen atoms in total. The number of aliphatic carboxylic acids is 1. The number of aryl methyl sites for hydroxylation is 1. The summed E-state index contributed by atoms with van der Waals surface area (Å²) in [6.45, 7) is 4.06. The van der Waals surface area contributed by atoms with E-state index < -0.39 is 12.1 Å². The van der Waals surface area contributed by atoms with E-state index in [2.05, 4.69) is 20.8 Å². The quantitative estimate of drug-likeness (QED) is 0.613. The first-order valence-corrected chi connectivity index (χ1v) is 10.5. The highest BCUT2D eigenvalue weighted by Crippen LogP contribution is 2.43. The zero-order valence-corrected chi connectivity index (χ0v) is 18.3. The molecule has 170 valence electrons. The van der Waals surface area contributed by atoms with Gasteiger partial charge in [-0.25, -0.2) is 9.18 Å². The van der Waals surface area contributed by atoms with Crippen LogP contribution in [0, 0.1) is 18.7 Å². The van der Waals surface area contributed by atoms with E-state index in [1.807, 2.05) is 11.5 Å². The van der Waals surface area contributed by atoms with Crippen molar-refractivity contribution in [3.05, 3.63) is 38.3 Å². The Bertz CT molecular complexity index is 1070. The highest BCUT2D eigenvalue weighted by molar-refractivity contribution is 9.10. The number of carboxylic acids is 1. The van der Waals surface area contributed by atoms with Crippen molar-refractivity contribution in [2.24, 2.45) is 11.7 Å². The van der Waals surface area contributed by atoms with Gasteiger partial charge in [0.05, 0.1) is 15.7 Å². The Kier molecular flexibility index (Phi) is 6.66. The molecular formula is C20H22BrF4N3O3. The molecule has 0 radical (unpaired) electrons. The number of fused-ring (bicyclic) bond motifs is 1. The van der Waals surface area contributed by atoms with Crippen LogP contribution in [0.15, 0.2) is 21.4 Å². The van der Waals surface area contributed by atoms with Gasteiger partial charge in [0.15, 0.2) is 5.82 Å². The van der Waals surface area contributed by atoms with Crippen LogP contribution in [0.25, 0.3) is 10.9 Å². The molecule has 1 atom stereocenters. The first-order chi connectivity index (χ1) is 14.5. The number of hydrogen-bond acceptors (Lipinski definition) is 4. The fourth-order valence-corrected chi connectivity index (χ4v) is 4.23. The van der Waals surface area contributed by atoms with Gasteiger partial charge in [-0.1, -0.05) is 0 Å². The van der Waals surface area contributed by atoms with Crippen molar-refractivity contribution in [2.45, 2.75) is 38.4 Å². The van der Waals surface area contributed by atoms with Crippen LogP contribution in [-0.4, -0.2) is 41.5 Å². The summed E-state index contributed by atoms with van der Waals surface area (Å²) in [5.74, 6) is -2.60. The van der Waals surface area contributed by atoms with Crippen LogP contribution in [0.4, 0.5) is 23.2 Å². The van der Waals surface area contributed by atoms with E-state index in [0.29, 0.717) is 22.6 Å². The Morgan fingerprint density at radius 1 is 1.29 bits per heavy atom. The minimum absolute atomic E-state index is 0.00110. The molecule has 2 fully saturated rings. The molecule has 2 aromatic rings. The largest absolute Gasteiger partial charge is 0.490 e. The van der Waals surface area contributed by atoms with Crippen LogP contribution in [0.5, 0.6) is 0 Å². The molecule has 1 aliphatic heterocycles. The van der Waals surface area contributed by atoms with Crippen LogP contribution in [0.1, 0.15) is 30.9 Å². The number of pyridine rings is 1. The summed E-state index contributed by atoms with van der Waals surface area (Å²) in [5.41, 5.74) is 8.06. The van der Waals surface area contributed by atoms with E-state index in [9.17, 15) is 18.0 Å². The first kappa shape index (κ1) is 23.5. The van der Waals surface area contributed by atoms with E-state index in [0.717, 1.165) is 48.8 Å². The normalized spacial score (nSPS) is 18.8. The Labute approximate surface area is 183 Å². The van der Waals surface area contributed by atoms with Crippen LogP contribution in [0.2, 0.25) is 0 Å². The third-order valence-electron chi connectivity index (χ3n) is 5.56. The number of alkyl halides is 3. The van der Waals surface area contributed by atoms with Crippen molar-refractivity contribution in [3.63, 3.8) is 0 Å². The zero-order valence-electron chi connectivity index (χ0n) is 16.7. The lowest BCUT2D eigenvalue weighted by Crippen LogP contribution is -2.25. The number of hydrogen-bond donors (Lipinski definition) is 2. The number of aromatic nitrogens is 1. The topological polar surface area (TPSA) is 88.6 Å². The molecule has 0 spiro atoms. The number of carbonyl (C=O) groups is 1. The summed E-state index contributed by atoms with van der Waals surface area (Å²) in [6, 6.07) is 3.61. The predicted octanol–water partition coefficient (Wildman–Crippen LogP) is 3.96. The predicted molar refractivity (Wildman–Crippen MR) is 112 cm³/mol. The fraction of sp³-hybridized carbons (Fsp3) is 0.500. The first-order valence-electron chi connectivity index (χ1n) is 9.75. The standard InChI is InChI=1S/C18H21BrFN3O.C2HF3O2/c1-10-15(19)16(20)18(22-7-6-11(8-21)9-22)13-4-5-14(24)23(17(10)13)12-2-3-12;3-2(4,5)1(6)7/h4-5,11-12H,2-3,6-9,21H2,1H3;(H,6,7). The number of carboxylic acid groups (broad SMARTS) is 1. The summed E-state index contributed by atoms with van der Waals surface area (Å²) in [6.07, 6.45) is -2.07. The molecule has 2 aliphatic rings. The molecule has 0 bridgehead atoms. The van der Waals surface area contributed by atoms with Crippen molar-refractivity contribution in [3.8, 4) is 0 Å². The molecule has 1 aromatic carbocycles. The SMILES string of the molecule is Cc1c(Br)c(F)c(N2CCC(CN)C2)c2ccc(=O)n(C3CC3)c12.O=C(O)C(F)(F)F. The fourth-order valence-electron chi connectivity index (χ4n) is 3.85. The van der Waals surface area contributed by atoms with E-state index in [1.54, 1.807) is 12.1 Å². The van der Waals surface area contributed by atoms with Crippen molar-refractivity contribution < 1.29 is 27.5 Å². The Hall–Kier alpha value is -2.14. The molecule has 31 heavy (non-hydrogen) atoms. The van der Waals surface area contributed by atoms with Gasteiger partial charge in [0.1, 0.15) is 0 Å². The van der Waals surface area contributed by atoms with E-state index in [1.165, 1.54) is 0 Å². The second-order valence-corrected chi connectivity index (χ2v) is 8.57. The number of nitrogens with two attached hydrogens (primary N) is 1. The third-order valence-corrected chi connectivity index (χ3v) is 6.50. The summed E-state index contributed by atoms with van der Waals surface area (Å²) >= 11 is 3.42. The van der Waals surface area contributed by atoms with Gasteiger partial charge in [0.2, 0.25) is 0 Å². The number of rotatable bonds is 3. The van der Waals surface area contributed by atoms with Gasteiger partial charge in [-0.05, 0) is 66.2 Å². The minimum atomic E-state index is -5.08. The molecule has 0 amide bonds. The second kappa shape index (κ2) is 8.78. The second-order valence-electron chi connectivity index (χ2n) is 7.78. The molecular weight excluding hydrogens is 486 g/mol. The van der Waals surface area contributed by atoms with Gasteiger partial charge in [0, 0.05) is 30.6 Å². The average Bonchev–Trinajstić information content (AvgIpc) is 3.43. The van der Waals surface area contributed by atoms with Gasteiger partial charge in [-0.2, -0.15) is 13.2 Å². The molecule has 1 saturated carbocycles. The smallest absolute Gasteiger partial charge is 0.475 e. The molecule has 1 unspecified atom stereocenters. The summed E-state index contributed by atoms with van der Waals surface area (Å²) in [4.78, 5) is 23.4. The Balaban J connectivity index is 0.000000339. The van der Waals surface area contributed by atoms with Crippen LogP contribution in [0.3, 0.4) is 0 Å². The highest BCUT2D eigenvalue weighted by Gasteiger charge is 2.38. The minimum Gasteiger partial charge on any atom is -0.475 e. The molecule has 1 aromatic heterocycles. The highest BCUT2D eigenvalue weighted by atomic mass is 79.9. The molecule has 2 heterocycles. The maximum atomic E-state index is 15.1. The van der Waals surface area contributed by atoms with Crippen molar-refractivity contribution in [2.75, 3.05) is 24.5 Å². The van der Waals surface area contributed by atoms with E-state index >= 15 is 4.39 Å². The summed E-state index contributed by atoms with van der Waals surface area (Å²) < 4.78 is 49.2. The number of halogens is 5. The molecule has 1 saturated heterocycles. The van der Waals surface area contributed by atoms with Gasteiger partial charge < -0.3 is 20.3 Å². The van der Waals surface area contributed by atoms with Crippen molar-refractivity contribution in [1.82, 2.24) is 4.57 Å². The molecule has 1 aliphatic carbocycles. The average molecular weight is 508 g/mol.